The van der Waals surface area contributed by atoms with Crippen LogP contribution in [0.25, 0.3) is 11.0 Å². The number of anilines is 1. The van der Waals surface area contributed by atoms with Gasteiger partial charge in [0, 0.05) is 18.9 Å². The van der Waals surface area contributed by atoms with Crippen LogP contribution in [-0.4, -0.2) is 44.9 Å². The summed E-state index contributed by atoms with van der Waals surface area (Å²) in [5, 5.41) is 12.7. The number of aromatic nitrogens is 2. The van der Waals surface area contributed by atoms with Crippen LogP contribution in [0.4, 0.5) is 5.69 Å². The first-order chi connectivity index (χ1) is 15.0. The molecule has 4 rings (SSSR count). The number of hydrogen-bond donors (Lipinski definition) is 1. The van der Waals surface area contributed by atoms with E-state index in [-0.39, 0.29) is 18.9 Å². The number of rotatable bonds is 6. The lowest BCUT2D eigenvalue weighted by Crippen LogP contribution is -2.39. The molecule has 2 heterocycles. The third kappa shape index (κ3) is 4.77. The fourth-order valence-corrected chi connectivity index (χ4v) is 3.70. The molecule has 0 bridgehead atoms. The van der Waals surface area contributed by atoms with Crippen LogP contribution in [0.1, 0.15) is 11.1 Å². The predicted molar refractivity (Wildman–Crippen MR) is 117 cm³/mol. The molecule has 11 heteroatoms. The SMILES string of the molecule is O=C(Cc1ccc(CO[N+](=O)[O-])cc1)N1CCN=C1Nc1ccc2nccnc2c1Br. The molecule has 1 aliphatic heterocycles. The molecule has 0 atom stereocenters. The molecule has 0 fully saturated rings. The number of fused-ring (bicyclic) bond motifs is 1. The second-order valence-corrected chi connectivity index (χ2v) is 7.51. The molecule has 0 saturated heterocycles. The molecule has 1 N–H and O–H groups in total. The maximum absolute atomic E-state index is 12.9. The van der Waals surface area contributed by atoms with Crippen molar-refractivity contribution in [2.75, 3.05) is 18.4 Å². The summed E-state index contributed by atoms with van der Waals surface area (Å²) in [7, 11) is 0. The summed E-state index contributed by atoms with van der Waals surface area (Å²) in [4.78, 5) is 42.2. The molecule has 158 valence electrons. The van der Waals surface area contributed by atoms with Crippen molar-refractivity contribution in [3.05, 3.63) is 74.5 Å². The Kier molecular flexibility index (Phi) is 6.03. The minimum absolute atomic E-state index is 0.102. The minimum atomic E-state index is -0.834. The van der Waals surface area contributed by atoms with E-state index < -0.39 is 5.09 Å². The Hall–Kier alpha value is -3.60. The van der Waals surface area contributed by atoms with Gasteiger partial charge in [0.1, 0.15) is 12.1 Å². The molecule has 31 heavy (non-hydrogen) atoms. The van der Waals surface area contributed by atoms with Gasteiger partial charge in [0.05, 0.1) is 28.6 Å². The van der Waals surface area contributed by atoms with Crippen LogP contribution in [-0.2, 0) is 22.7 Å². The van der Waals surface area contributed by atoms with Gasteiger partial charge in [-0.05, 0) is 39.2 Å². The molecular weight excluding hydrogens is 468 g/mol. The molecule has 0 radical (unpaired) electrons. The van der Waals surface area contributed by atoms with Crippen molar-refractivity contribution in [1.82, 2.24) is 14.9 Å². The summed E-state index contributed by atoms with van der Waals surface area (Å²) in [6.45, 7) is 0.871. The minimum Gasteiger partial charge on any atom is -0.325 e. The zero-order chi connectivity index (χ0) is 21.8. The molecule has 1 aromatic heterocycles. The zero-order valence-electron chi connectivity index (χ0n) is 16.2. The van der Waals surface area contributed by atoms with Crippen LogP contribution in [0, 0.1) is 10.1 Å². The van der Waals surface area contributed by atoms with Crippen LogP contribution in [0.15, 0.2) is 58.3 Å². The Balaban J connectivity index is 1.43. The van der Waals surface area contributed by atoms with E-state index in [9.17, 15) is 14.9 Å². The van der Waals surface area contributed by atoms with Gasteiger partial charge >= 0.3 is 0 Å². The fraction of sp³-hybridized carbons (Fsp3) is 0.200. The van der Waals surface area contributed by atoms with E-state index in [0.717, 1.165) is 21.2 Å². The summed E-state index contributed by atoms with van der Waals surface area (Å²) in [6.07, 6.45) is 3.43. The van der Waals surface area contributed by atoms with Crippen LogP contribution in [0.2, 0.25) is 0 Å². The maximum atomic E-state index is 12.9. The zero-order valence-corrected chi connectivity index (χ0v) is 17.8. The highest BCUT2D eigenvalue weighted by atomic mass is 79.9. The predicted octanol–water partition coefficient (Wildman–Crippen LogP) is 2.95. The highest BCUT2D eigenvalue weighted by molar-refractivity contribution is 9.10. The number of nitrogens with zero attached hydrogens (tertiary/aromatic N) is 5. The number of carbonyl (C=O) groups is 1. The summed E-state index contributed by atoms with van der Waals surface area (Å²) in [6, 6.07) is 10.6. The lowest BCUT2D eigenvalue weighted by atomic mass is 10.1. The normalized spacial score (nSPS) is 13.2. The Morgan fingerprint density at radius 1 is 1.16 bits per heavy atom. The van der Waals surface area contributed by atoms with Crippen LogP contribution in [0.3, 0.4) is 0 Å². The number of benzene rings is 2. The van der Waals surface area contributed by atoms with Gasteiger partial charge in [0.25, 0.3) is 5.09 Å². The second-order valence-electron chi connectivity index (χ2n) is 6.72. The number of hydrogen-bond acceptors (Lipinski definition) is 8. The van der Waals surface area contributed by atoms with Crippen LogP contribution < -0.4 is 5.32 Å². The Morgan fingerprint density at radius 2 is 1.90 bits per heavy atom. The Morgan fingerprint density at radius 3 is 2.68 bits per heavy atom. The molecule has 0 aliphatic carbocycles. The van der Waals surface area contributed by atoms with Gasteiger partial charge in [0.15, 0.2) is 0 Å². The molecule has 2 aromatic carbocycles. The van der Waals surface area contributed by atoms with E-state index in [0.29, 0.717) is 30.1 Å². The highest BCUT2D eigenvalue weighted by Crippen LogP contribution is 2.29. The number of aliphatic imine (C=N–C) groups is 1. The molecule has 0 saturated carbocycles. The van der Waals surface area contributed by atoms with Crippen molar-refractivity contribution in [2.45, 2.75) is 13.0 Å². The van der Waals surface area contributed by atoms with E-state index >= 15 is 0 Å². The molecular formula is C20H17BrN6O4. The summed E-state index contributed by atoms with van der Waals surface area (Å²) < 4.78 is 0.743. The first-order valence-electron chi connectivity index (χ1n) is 9.37. The van der Waals surface area contributed by atoms with Gasteiger partial charge in [-0.3, -0.25) is 24.7 Å². The van der Waals surface area contributed by atoms with Crippen molar-refractivity contribution in [1.29, 1.82) is 0 Å². The standard InChI is InChI=1S/C20H17BrN6O4/c21-18-15(5-6-16-19(18)23-8-7-22-16)25-20-24-9-10-26(20)17(28)11-13-1-3-14(4-2-13)12-31-27(29)30/h1-8H,9-12H2,(H,24,25). The highest BCUT2D eigenvalue weighted by Gasteiger charge is 2.24. The van der Waals surface area contributed by atoms with Gasteiger partial charge in [-0.15, -0.1) is 10.1 Å². The number of amides is 1. The van der Waals surface area contributed by atoms with Gasteiger partial charge in [0.2, 0.25) is 11.9 Å². The van der Waals surface area contributed by atoms with Gasteiger partial charge in [-0.2, -0.15) is 0 Å². The first-order valence-corrected chi connectivity index (χ1v) is 10.2. The molecule has 10 nitrogen and oxygen atoms in total. The molecule has 1 amide bonds. The lowest BCUT2D eigenvalue weighted by molar-refractivity contribution is -0.763. The van der Waals surface area contributed by atoms with Crippen molar-refractivity contribution in [3.8, 4) is 0 Å². The quantitative estimate of drug-likeness (QED) is 0.421. The first kappa shape index (κ1) is 20.7. The molecule has 0 spiro atoms. The third-order valence-corrected chi connectivity index (χ3v) is 5.48. The maximum Gasteiger partial charge on any atom is 0.294 e. The molecule has 3 aromatic rings. The van der Waals surface area contributed by atoms with E-state index in [1.807, 2.05) is 12.1 Å². The number of guanidine groups is 1. The van der Waals surface area contributed by atoms with Gasteiger partial charge < -0.3 is 10.2 Å². The summed E-state index contributed by atoms with van der Waals surface area (Å²) in [5.41, 5.74) is 3.66. The Labute approximate surface area is 185 Å². The topological polar surface area (TPSA) is 123 Å². The molecule has 1 aliphatic rings. The van der Waals surface area contributed by atoms with E-state index in [2.05, 4.69) is 41.0 Å². The average molecular weight is 485 g/mol. The van der Waals surface area contributed by atoms with Crippen molar-refractivity contribution in [3.63, 3.8) is 0 Å². The average Bonchev–Trinajstić information content (AvgIpc) is 3.24. The monoisotopic (exact) mass is 484 g/mol. The van der Waals surface area contributed by atoms with E-state index in [4.69, 9.17) is 0 Å². The van der Waals surface area contributed by atoms with Crippen LogP contribution in [0.5, 0.6) is 0 Å². The number of nitrogens with one attached hydrogen (secondary N) is 1. The third-order valence-electron chi connectivity index (χ3n) is 4.68. The largest absolute Gasteiger partial charge is 0.325 e. The van der Waals surface area contributed by atoms with Gasteiger partial charge in [-0.1, -0.05) is 24.3 Å². The van der Waals surface area contributed by atoms with E-state index in [1.54, 1.807) is 41.6 Å². The van der Waals surface area contributed by atoms with Crippen molar-refractivity contribution < 1.29 is 14.7 Å². The Bertz CT molecular complexity index is 1170. The smallest absolute Gasteiger partial charge is 0.294 e. The van der Waals surface area contributed by atoms with E-state index in [1.165, 1.54) is 0 Å². The molecule has 0 unspecified atom stereocenters. The van der Waals surface area contributed by atoms with Crippen molar-refractivity contribution in [2.24, 2.45) is 4.99 Å². The second kappa shape index (κ2) is 9.04. The van der Waals surface area contributed by atoms with Crippen molar-refractivity contribution >= 4 is 44.5 Å². The number of halogens is 1. The van der Waals surface area contributed by atoms with Gasteiger partial charge in [-0.25, -0.2) is 0 Å². The summed E-state index contributed by atoms with van der Waals surface area (Å²) >= 11 is 3.55. The lowest BCUT2D eigenvalue weighted by Gasteiger charge is -2.20. The van der Waals surface area contributed by atoms with Crippen LogP contribution >= 0.6 is 15.9 Å². The number of carbonyl (C=O) groups excluding carboxylic acids is 1. The fourth-order valence-electron chi connectivity index (χ4n) is 3.17. The summed E-state index contributed by atoms with van der Waals surface area (Å²) in [5.74, 6) is 0.375.